The van der Waals surface area contributed by atoms with Crippen LogP contribution in [0.4, 0.5) is 0 Å². The van der Waals surface area contributed by atoms with Crippen LogP contribution < -0.4 is 10.6 Å². The van der Waals surface area contributed by atoms with Gasteiger partial charge in [0.15, 0.2) is 11.9 Å². The highest BCUT2D eigenvalue weighted by Gasteiger charge is 2.26. The summed E-state index contributed by atoms with van der Waals surface area (Å²) in [6, 6.07) is 8.79. The number of guanidine groups is 2. The lowest BCUT2D eigenvalue weighted by Gasteiger charge is -2.30. The van der Waals surface area contributed by atoms with Crippen molar-refractivity contribution in [3.05, 3.63) is 35.4 Å². The molecule has 0 spiro atoms. The van der Waals surface area contributed by atoms with Crippen molar-refractivity contribution in [2.75, 3.05) is 74.5 Å². The van der Waals surface area contributed by atoms with E-state index >= 15 is 0 Å². The summed E-state index contributed by atoms with van der Waals surface area (Å²) in [7, 11) is 10.9. The molecule has 2 rings (SSSR count). The first kappa shape index (κ1) is 27.1. The van der Waals surface area contributed by atoms with Gasteiger partial charge in [-0.05, 0) is 23.5 Å². The van der Waals surface area contributed by atoms with Crippen LogP contribution in [0.3, 0.4) is 0 Å². The molecule has 0 aromatic heterocycles. The standard InChI is InChI=1S/C26H49N7/c1-22(13-19-33(6)16-7-8-17-33)21-29-25(27)30-26(28)31(2)15-12-23-10-9-11-24(20-23)14-18-32(3,4)5/h9-11,20,22H,7-8,12-19,21H2,1-6H3,(H4,27,28,29,30)/q+2. The van der Waals surface area contributed by atoms with Crippen molar-refractivity contribution in [3.8, 4) is 0 Å². The monoisotopic (exact) mass is 459 g/mol. The fraction of sp³-hybridized carbons (Fsp3) is 0.692. The summed E-state index contributed by atoms with van der Waals surface area (Å²) in [5.41, 5.74) is 2.67. The molecule has 0 saturated carbocycles. The normalized spacial score (nSPS) is 16.3. The second-order valence-corrected chi connectivity index (χ2v) is 11.4. The third-order valence-corrected chi connectivity index (χ3v) is 6.86. The van der Waals surface area contributed by atoms with Crippen molar-refractivity contribution in [2.45, 2.75) is 39.0 Å². The van der Waals surface area contributed by atoms with Gasteiger partial charge in [0.25, 0.3) is 0 Å². The largest absolute Gasteiger partial charge is 0.356 e. The summed E-state index contributed by atoms with van der Waals surface area (Å²) in [6.45, 7) is 8.70. The molecule has 0 aliphatic carbocycles. The smallest absolute Gasteiger partial charge is 0.197 e. The Bertz CT molecular complexity index is 762. The quantitative estimate of drug-likeness (QED) is 0.234. The van der Waals surface area contributed by atoms with E-state index in [4.69, 9.17) is 10.8 Å². The lowest BCUT2D eigenvalue weighted by molar-refractivity contribution is -0.898. The molecule has 1 aromatic rings. The molecule has 0 amide bonds. The van der Waals surface area contributed by atoms with Crippen molar-refractivity contribution in [3.63, 3.8) is 0 Å². The predicted octanol–water partition coefficient (Wildman–Crippen LogP) is 2.72. The SMILES string of the molecule is CC(CC[N+]1(C)CCCC1)CNC(=N)NC(=N)N(C)CCc1cccc(CC[N+](C)(C)C)c1. The van der Waals surface area contributed by atoms with Crippen LogP contribution in [-0.2, 0) is 12.8 Å². The average Bonchev–Trinajstić information content (AvgIpc) is 3.19. The van der Waals surface area contributed by atoms with E-state index in [9.17, 15) is 0 Å². The Labute approximate surface area is 202 Å². The van der Waals surface area contributed by atoms with Gasteiger partial charge in [0.1, 0.15) is 0 Å². The number of hydrogen-bond donors (Lipinski definition) is 4. The Morgan fingerprint density at radius 3 is 2.39 bits per heavy atom. The molecular formula is C26H49N7+2. The van der Waals surface area contributed by atoms with Crippen molar-refractivity contribution < 1.29 is 8.97 Å². The summed E-state index contributed by atoms with van der Waals surface area (Å²) >= 11 is 0. The third kappa shape index (κ3) is 10.6. The number of likely N-dealkylation sites (N-methyl/N-ethyl adjacent to an activating group) is 2. The molecule has 1 heterocycles. The molecule has 0 bridgehead atoms. The molecule has 7 heteroatoms. The van der Waals surface area contributed by atoms with Gasteiger partial charge in [0.05, 0.1) is 54.4 Å². The number of likely N-dealkylation sites (tertiary alicyclic amines) is 1. The number of rotatable bonds is 11. The van der Waals surface area contributed by atoms with Crippen LogP contribution in [0.5, 0.6) is 0 Å². The van der Waals surface area contributed by atoms with Gasteiger partial charge >= 0.3 is 0 Å². The molecule has 4 N–H and O–H groups in total. The Hall–Kier alpha value is -2.12. The van der Waals surface area contributed by atoms with Crippen molar-refractivity contribution in [2.24, 2.45) is 5.92 Å². The van der Waals surface area contributed by atoms with Crippen molar-refractivity contribution >= 4 is 11.9 Å². The zero-order valence-electron chi connectivity index (χ0n) is 22.0. The molecule has 1 atom stereocenters. The van der Waals surface area contributed by atoms with E-state index in [2.05, 4.69) is 70.0 Å². The topological polar surface area (TPSA) is 75.0 Å². The van der Waals surface area contributed by atoms with Crippen LogP contribution >= 0.6 is 0 Å². The number of quaternary nitrogens is 2. The summed E-state index contributed by atoms with van der Waals surface area (Å²) in [4.78, 5) is 1.87. The maximum absolute atomic E-state index is 8.30. The van der Waals surface area contributed by atoms with Crippen LogP contribution in [0, 0.1) is 16.7 Å². The molecule has 186 valence electrons. The second kappa shape index (κ2) is 12.4. The van der Waals surface area contributed by atoms with E-state index in [1.807, 2.05) is 11.9 Å². The predicted molar refractivity (Wildman–Crippen MR) is 140 cm³/mol. The summed E-state index contributed by atoms with van der Waals surface area (Å²) < 4.78 is 2.17. The lowest BCUT2D eigenvalue weighted by Crippen LogP contribution is -2.48. The molecule has 1 aliphatic heterocycles. The Balaban J connectivity index is 1.67. The van der Waals surface area contributed by atoms with E-state index < -0.39 is 0 Å². The van der Waals surface area contributed by atoms with Crippen LogP contribution in [0.25, 0.3) is 0 Å². The minimum absolute atomic E-state index is 0.211. The minimum Gasteiger partial charge on any atom is -0.356 e. The maximum Gasteiger partial charge on any atom is 0.197 e. The van der Waals surface area contributed by atoms with E-state index in [0.717, 1.165) is 37.0 Å². The summed E-state index contributed by atoms with van der Waals surface area (Å²) in [5, 5.41) is 22.5. The van der Waals surface area contributed by atoms with Gasteiger partial charge in [-0.25, -0.2) is 0 Å². The van der Waals surface area contributed by atoms with Gasteiger partial charge in [-0.2, -0.15) is 0 Å². The fourth-order valence-electron chi connectivity index (χ4n) is 4.30. The highest BCUT2D eigenvalue weighted by molar-refractivity contribution is 5.95. The summed E-state index contributed by atoms with van der Waals surface area (Å²) in [6.07, 6.45) is 5.84. The molecule has 1 unspecified atom stereocenters. The highest BCUT2D eigenvalue weighted by atomic mass is 15.3. The summed E-state index contributed by atoms with van der Waals surface area (Å²) in [5.74, 6) is 0.984. The first-order valence-electron chi connectivity index (χ1n) is 12.6. The van der Waals surface area contributed by atoms with E-state index in [1.54, 1.807) is 0 Å². The van der Waals surface area contributed by atoms with Gasteiger partial charge in [0, 0.05) is 45.8 Å². The minimum atomic E-state index is 0.211. The van der Waals surface area contributed by atoms with E-state index in [0.29, 0.717) is 5.92 Å². The van der Waals surface area contributed by atoms with Crippen molar-refractivity contribution in [1.82, 2.24) is 15.5 Å². The Kier molecular flexibility index (Phi) is 10.2. The maximum atomic E-state index is 8.30. The highest BCUT2D eigenvalue weighted by Crippen LogP contribution is 2.18. The molecule has 33 heavy (non-hydrogen) atoms. The number of benzene rings is 1. The molecule has 1 aromatic carbocycles. The van der Waals surface area contributed by atoms with Crippen LogP contribution in [0.15, 0.2) is 24.3 Å². The molecule has 0 radical (unpaired) electrons. The van der Waals surface area contributed by atoms with Gasteiger partial charge in [0.2, 0.25) is 0 Å². The first-order valence-corrected chi connectivity index (χ1v) is 12.6. The van der Waals surface area contributed by atoms with Gasteiger partial charge in [-0.15, -0.1) is 0 Å². The number of nitrogens with one attached hydrogen (secondary N) is 4. The second-order valence-electron chi connectivity index (χ2n) is 11.4. The van der Waals surface area contributed by atoms with Crippen LogP contribution in [0.1, 0.15) is 37.3 Å². The van der Waals surface area contributed by atoms with E-state index in [1.165, 1.54) is 54.5 Å². The zero-order valence-corrected chi connectivity index (χ0v) is 22.0. The Morgan fingerprint density at radius 1 is 1.12 bits per heavy atom. The fourth-order valence-corrected chi connectivity index (χ4v) is 4.30. The Morgan fingerprint density at radius 2 is 1.76 bits per heavy atom. The molecule has 1 aliphatic rings. The zero-order chi connectivity index (χ0) is 24.5. The first-order chi connectivity index (χ1) is 15.5. The third-order valence-electron chi connectivity index (χ3n) is 6.86. The average molecular weight is 460 g/mol. The molecule has 1 fully saturated rings. The molecule has 1 saturated heterocycles. The van der Waals surface area contributed by atoms with Gasteiger partial charge in [-0.1, -0.05) is 31.2 Å². The van der Waals surface area contributed by atoms with Gasteiger partial charge in [-0.3, -0.25) is 16.1 Å². The van der Waals surface area contributed by atoms with Crippen molar-refractivity contribution in [1.29, 1.82) is 10.8 Å². The van der Waals surface area contributed by atoms with Gasteiger partial charge < -0.3 is 19.2 Å². The van der Waals surface area contributed by atoms with E-state index in [-0.39, 0.29) is 11.9 Å². The number of hydrogen-bond acceptors (Lipinski definition) is 2. The lowest BCUT2D eigenvalue weighted by atomic mass is 10.1. The van der Waals surface area contributed by atoms with Crippen LogP contribution in [0.2, 0.25) is 0 Å². The molecular weight excluding hydrogens is 410 g/mol. The molecule has 7 nitrogen and oxygen atoms in total. The number of nitrogens with zero attached hydrogens (tertiary/aromatic N) is 3. The van der Waals surface area contributed by atoms with Crippen LogP contribution in [-0.4, -0.2) is 100 Å².